The fraction of sp³-hybridized carbons (Fsp3) is 0.714. The van der Waals surface area contributed by atoms with Gasteiger partial charge in [-0.25, -0.2) is 4.98 Å². The molecule has 4 nitrogen and oxygen atoms in total. The van der Waals surface area contributed by atoms with Gasteiger partial charge in [-0.1, -0.05) is 13.8 Å². The van der Waals surface area contributed by atoms with Crippen molar-refractivity contribution in [1.82, 2.24) is 9.97 Å². The van der Waals surface area contributed by atoms with Gasteiger partial charge in [0, 0.05) is 18.4 Å². The predicted molar refractivity (Wildman–Crippen MR) is 70.8 cm³/mol. The Hall–Kier alpha value is -1.16. The zero-order valence-corrected chi connectivity index (χ0v) is 11.7. The van der Waals surface area contributed by atoms with E-state index in [-0.39, 0.29) is 17.1 Å². The molecule has 1 saturated carbocycles. The Labute approximate surface area is 108 Å². The maximum atomic E-state index is 12.2. The van der Waals surface area contributed by atoms with E-state index in [0.29, 0.717) is 5.82 Å². The summed E-state index contributed by atoms with van der Waals surface area (Å²) in [5.41, 5.74) is 1.21. The van der Waals surface area contributed by atoms with E-state index in [0.717, 1.165) is 36.9 Å². The van der Waals surface area contributed by atoms with Crippen molar-refractivity contribution < 1.29 is 4.74 Å². The first-order chi connectivity index (χ1) is 8.50. The Balaban J connectivity index is 2.51. The quantitative estimate of drug-likeness (QED) is 0.897. The maximum Gasteiger partial charge on any atom is 0.254 e. The lowest BCUT2D eigenvalue weighted by atomic mass is 9.99. The third kappa shape index (κ3) is 2.09. The van der Waals surface area contributed by atoms with Crippen molar-refractivity contribution in [3.8, 4) is 0 Å². The van der Waals surface area contributed by atoms with Crippen LogP contribution in [-0.4, -0.2) is 17.1 Å². The number of nitrogens with one attached hydrogen (secondary N) is 1. The average molecular weight is 250 g/mol. The minimum Gasteiger partial charge on any atom is -0.370 e. The second kappa shape index (κ2) is 4.84. The van der Waals surface area contributed by atoms with Gasteiger partial charge in [0.15, 0.2) is 0 Å². The first-order valence-corrected chi connectivity index (χ1v) is 6.66. The summed E-state index contributed by atoms with van der Waals surface area (Å²) in [6.45, 7) is 5.94. The molecule has 0 atom stereocenters. The van der Waals surface area contributed by atoms with Gasteiger partial charge in [0.05, 0.1) is 0 Å². The first kappa shape index (κ1) is 13.3. The topological polar surface area (TPSA) is 55.0 Å². The molecule has 0 amide bonds. The molecule has 0 unspecified atom stereocenters. The zero-order chi connectivity index (χ0) is 13.3. The fourth-order valence-corrected chi connectivity index (χ4v) is 2.97. The molecule has 18 heavy (non-hydrogen) atoms. The average Bonchev–Trinajstić information content (AvgIpc) is 2.77. The molecule has 1 aromatic rings. The van der Waals surface area contributed by atoms with Gasteiger partial charge in [0.1, 0.15) is 11.4 Å². The Morgan fingerprint density at radius 3 is 2.39 bits per heavy atom. The number of rotatable bonds is 3. The van der Waals surface area contributed by atoms with Crippen molar-refractivity contribution in [1.29, 1.82) is 0 Å². The van der Waals surface area contributed by atoms with Crippen molar-refractivity contribution in [3.05, 3.63) is 27.4 Å². The van der Waals surface area contributed by atoms with E-state index < -0.39 is 0 Å². The first-order valence-electron chi connectivity index (χ1n) is 6.66. The monoisotopic (exact) mass is 250 g/mol. The summed E-state index contributed by atoms with van der Waals surface area (Å²) in [6, 6.07) is 0. The van der Waals surface area contributed by atoms with Gasteiger partial charge in [0.25, 0.3) is 5.56 Å². The predicted octanol–water partition coefficient (Wildman–Crippen LogP) is 2.62. The number of aromatic amines is 1. The Morgan fingerprint density at radius 2 is 1.94 bits per heavy atom. The summed E-state index contributed by atoms with van der Waals surface area (Å²) in [5, 5.41) is 0. The largest absolute Gasteiger partial charge is 0.370 e. The molecular formula is C14H22N2O2. The van der Waals surface area contributed by atoms with Crippen LogP contribution in [0, 0.1) is 6.92 Å². The van der Waals surface area contributed by atoms with E-state index in [1.54, 1.807) is 7.11 Å². The third-order valence-corrected chi connectivity index (χ3v) is 3.96. The summed E-state index contributed by atoms with van der Waals surface area (Å²) in [6.07, 6.45) is 4.13. The summed E-state index contributed by atoms with van der Waals surface area (Å²) in [5.74, 6) is 0.895. The van der Waals surface area contributed by atoms with Crippen molar-refractivity contribution in [2.75, 3.05) is 7.11 Å². The molecule has 0 spiro atoms. The van der Waals surface area contributed by atoms with Crippen LogP contribution < -0.4 is 5.56 Å². The molecule has 1 fully saturated rings. The molecule has 0 radical (unpaired) electrons. The van der Waals surface area contributed by atoms with Gasteiger partial charge in [0.2, 0.25) is 0 Å². The van der Waals surface area contributed by atoms with Crippen LogP contribution in [0.15, 0.2) is 4.79 Å². The molecule has 100 valence electrons. The van der Waals surface area contributed by atoms with Crippen LogP contribution >= 0.6 is 0 Å². The van der Waals surface area contributed by atoms with E-state index in [1.165, 1.54) is 0 Å². The SMILES string of the molecule is COC1(c2nc(C)c(C(C)C)c(=O)[nH]2)CCCC1. The van der Waals surface area contributed by atoms with Gasteiger partial charge in [-0.15, -0.1) is 0 Å². The number of aryl methyl sites for hydroxylation is 1. The number of hydrogen-bond acceptors (Lipinski definition) is 3. The standard InChI is InChI=1S/C14H22N2O2/c1-9(2)11-10(3)15-13(16-12(11)17)14(18-4)7-5-6-8-14/h9H,5-8H2,1-4H3,(H,15,16,17). The number of H-pyrrole nitrogens is 1. The molecule has 0 aliphatic heterocycles. The number of nitrogens with zero attached hydrogens (tertiary/aromatic N) is 1. The Bertz CT molecular complexity index is 485. The molecule has 4 heteroatoms. The second-order valence-corrected chi connectivity index (χ2v) is 5.47. The summed E-state index contributed by atoms with van der Waals surface area (Å²) < 4.78 is 5.66. The van der Waals surface area contributed by atoms with Crippen LogP contribution in [0.4, 0.5) is 0 Å². The molecule has 1 aliphatic carbocycles. The number of hydrogen-bond donors (Lipinski definition) is 1. The molecule has 0 bridgehead atoms. The van der Waals surface area contributed by atoms with Crippen LogP contribution in [0.3, 0.4) is 0 Å². The molecule has 1 aromatic heterocycles. The van der Waals surface area contributed by atoms with Gasteiger partial charge in [-0.05, 0) is 38.5 Å². The summed E-state index contributed by atoms with van der Waals surface area (Å²) in [4.78, 5) is 19.7. The molecule has 1 heterocycles. The van der Waals surface area contributed by atoms with E-state index in [1.807, 2.05) is 20.8 Å². The van der Waals surface area contributed by atoms with Crippen LogP contribution in [0.1, 0.15) is 62.5 Å². The summed E-state index contributed by atoms with van der Waals surface area (Å²) in [7, 11) is 1.71. The van der Waals surface area contributed by atoms with Crippen molar-refractivity contribution in [2.24, 2.45) is 0 Å². The molecular weight excluding hydrogens is 228 g/mol. The van der Waals surface area contributed by atoms with Crippen LogP contribution in [0.2, 0.25) is 0 Å². The van der Waals surface area contributed by atoms with E-state index in [4.69, 9.17) is 4.74 Å². The van der Waals surface area contributed by atoms with Gasteiger partial charge >= 0.3 is 0 Å². The highest BCUT2D eigenvalue weighted by molar-refractivity contribution is 5.22. The number of aromatic nitrogens is 2. The van der Waals surface area contributed by atoms with E-state index in [9.17, 15) is 4.79 Å². The molecule has 2 rings (SSSR count). The van der Waals surface area contributed by atoms with E-state index >= 15 is 0 Å². The van der Waals surface area contributed by atoms with Crippen LogP contribution in [0.25, 0.3) is 0 Å². The minimum atomic E-state index is -0.376. The van der Waals surface area contributed by atoms with E-state index in [2.05, 4.69) is 9.97 Å². The molecule has 1 aliphatic rings. The lowest BCUT2D eigenvalue weighted by molar-refractivity contribution is -0.0166. The lowest BCUT2D eigenvalue weighted by Crippen LogP contribution is -2.32. The van der Waals surface area contributed by atoms with Gasteiger partial charge in [-0.3, -0.25) is 4.79 Å². The van der Waals surface area contributed by atoms with Gasteiger partial charge in [-0.2, -0.15) is 0 Å². The highest BCUT2D eigenvalue weighted by Crippen LogP contribution is 2.39. The fourth-order valence-electron chi connectivity index (χ4n) is 2.97. The van der Waals surface area contributed by atoms with Crippen molar-refractivity contribution in [2.45, 2.75) is 58.0 Å². The Morgan fingerprint density at radius 1 is 1.33 bits per heavy atom. The van der Waals surface area contributed by atoms with Crippen molar-refractivity contribution >= 4 is 0 Å². The number of ether oxygens (including phenoxy) is 1. The Kier molecular flexibility index (Phi) is 3.57. The smallest absolute Gasteiger partial charge is 0.254 e. The third-order valence-electron chi connectivity index (χ3n) is 3.96. The van der Waals surface area contributed by atoms with Crippen LogP contribution in [-0.2, 0) is 10.3 Å². The second-order valence-electron chi connectivity index (χ2n) is 5.47. The minimum absolute atomic E-state index is 0.0178. The normalized spacial score (nSPS) is 18.5. The highest BCUT2D eigenvalue weighted by atomic mass is 16.5. The molecule has 1 N–H and O–H groups in total. The zero-order valence-electron chi connectivity index (χ0n) is 11.7. The van der Waals surface area contributed by atoms with Crippen LogP contribution in [0.5, 0.6) is 0 Å². The number of methoxy groups -OCH3 is 1. The van der Waals surface area contributed by atoms with Gasteiger partial charge < -0.3 is 9.72 Å². The maximum absolute atomic E-state index is 12.2. The molecule has 0 aromatic carbocycles. The molecule has 0 saturated heterocycles. The lowest BCUT2D eigenvalue weighted by Gasteiger charge is -2.26. The summed E-state index contributed by atoms with van der Waals surface area (Å²) >= 11 is 0. The highest BCUT2D eigenvalue weighted by Gasteiger charge is 2.38. The van der Waals surface area contributed by atoms with Crippen molar-refractivity contribution in [3.63, 3.8) is 0 Å².